The van der Waals surface area contributed by atoms with Gasteiger partial charge in [0.25, 0.3) is 11.6 Å². The van der Waals surface area contributed by atoms with Gasteiger partial charge in [0.1, 0.15) is 0 Å². The van der Waals surface area contributed by atoms with Gasteiger partial charge in [-0.3, -0.25) is 14.9 Å². The van der Waals surface area contributed by atoms with Gasteiger partial charge in [-0.15, -0.1) is 5.10 Å². The molecule has 0 aliphatic heterocycles. The molecule has 0 bridgehead atoms. The first-order valence-corrected chi connectivity index (χ1v) is 8.63. The lowest BCUT2D eigenvalue weighted by Gasteiger charge is -2.07. The Hall–Kier alpha value is -3.55. The van der Waals surface area contributed by atoms with E-state index in [0.29, 0.717) is 11.4 Å². The first kappa shape index (κ1) is 16.9. The van der Waals surface area contributed by atoms with E-state index in [1.165, 1.54) is 27.9 Å². The fourth-order valence-corrected chi connectivity index (χ4v) is 3.36. The Morgan fingerprint density at radius 2 is 2.00 bits per heavy atom. The number of amides is 1. The molecule has 0 spiro atoms. The SMILES string of the molecule is Cc1c(C(=O)Nc2ccc3c(c2)CCC3)nnn1-c1cccc([N+](=O)[O-])c1. The highest BCUT2D eigenvalue weighted by Crippen LogP contribution is 2.25. The van der Waals surface area contributed by atoms with Crippen LogP contribution in [0.15, 0.2) is 42.5 Å². The van der Waals surface area contributed by atoms with Crippen LogP contribution in [-0.2, 0) is 12.8 Å². The fourth-order valence-electron chi connectivity index (χ4n) is 3.36. The summed E-state index contributed by atoms with van der Waals surface area (Å²) < 4.78 is 1.42. The number of benzene rings is 2. The van der Waals surface area contributed by atoms with E-state index in [9.17, 15) is 14.9 Å². The van der Waals surface area contributed by atoms with Crippen LogP contribution in [0.2, 0.25) is 0 Å². The monoisotopic (exact) mass is 363 g/mol. The van der Waals surface area contributed by atoms with E-state index in [4.69, 9.17) is 0 Å². The number of hydrogen-bond acceptors (Lipinski definition) is 5. The quantitative estimate of drug-likeness (QED) is 0.566. The molecule has 4 rings (SSSR count). The van der Waals surface area contributed by atoms with Crippen LogP contribution in [0.5, 0.6) is 0 Å². The van der Waals surface area contributed by atoms with Crippen molar-refractivity contribution in [1.29, 1.82) is 0 Å². The van der Waals surface area contributed by atoms with Crippen molar-refractivity contribution >= 4 is 17.3 Å². The number of nitro benzene ring substituents is 1. The van der Waals surface area contributed by atoms with Crippen LogP contribution < -0.4 is 5.32 Å². The predicted octanol–water partition coefficient (Wildman–Crippen LogP) is 3.22. The Morgan fingerprint density at radius 3 is 2.81 bits per heavy atom. The Balaban J connectivity index is 1.59. The van der Waals surface area contributed by atoms with E-state index in [-0.39, 0.29) is 17.3 Å². The van der Waals surface area contributed by atoms with Crippen LogP contribution in [0, 0.1) is 17.0 Å². The summed E-state index contributed by atoms with van der Waals surface area (Å²) in [5, 5.41) is 21.8. The van der Waals surface area contributed by atoms with Crippen molar-refractivity contribution in [3.63, 3.8) is 0 Å². The molecule has 1 aliphatic rings. The molecule has 8 nitrogen and oxygen atoms in total. The van der Waals surface area contributed by atoms with E-state index in [1.54, 1.807) is 19.1 Å². The Bertz CT molecular complexity index is 1060. The minimum absolute atomic E-state index is 0.0495. The summed E-state index contributed by atoms with van der Waals surface area (Å²) in [5.74, 6) is -0.359. The summed E-state index contributed by atoms with van der Waals surface area (Å²) in [6.45, 7) is 1.70. The first-order valence-electron chi connectivity index (χ1n) is 8.63. The molecule has 27 heavy (non-hydrogen) atoms. The van der Waals surface area contributed by atoms with Crippen molar-refractivity contribution in [1.82, 2.24) is 15.0 Å². The molecule has 0 unspecified atom stereocenters. The number of carbonyl (C=O) groups is 1. The largest absolute Gasteiger partial charge is 0.321 e. The van der Waals surface area contributed by atoms with Gasteiger partial charge in [-0.05, 0) is 55.5 Å². The van der Waals surface area contributed by atoms with Crippen molar-refractivity contribution in [2.75, 3.05) is 5.32 Å². The highest BCUT2D eigenvalue weighted by atomic mass is 16.6. The molecule has 2 aromatic carbocycles. The lowest BCUT2D eigenvalue weighted by atomic mass is 10.1. The molecule has 0 atom stereocenters. The molecule has 0 fully saturated rings. The lowest BCUT2D eigenvalue weighted by Crippen LogP contribution is -2.14. The maximum absolute atomic E-state index is 12.6. The number of anilines is 1. The van der Waals surface area contributed by atoms with Gasteiger partial charge >= 0.3 is 0 Å². The average Bonchev–Trinajstić information content (AvgIpc) is 3.27. The Kier molecular flexibility index (Phi) is 4.15. The summed E-state index contributed by atoms with van der Waals surface area (Å²) in [6, 6.07) is 12.0. The van der Waals surface area contributed by atoms with Gasteiger partial charge in [-0.25, -0.2) is 4.68 Å². The minimum atomic E-state index is -0.475. The third-order valence-electron chi connectivity index (χ3n) is 4.75. The van der Waals surface area contributed by atoms with Crippen LogP contribution >= 0.6 is 0 Å². The molecule has 3 aromatic rings. The van der Waals surface area contributed by atoms with Crippen molar-refractivity contribution in [2.45, 2.75) is 26.2 Å². The maximum Gasteiger partial charge on any atom is 0.278 e. The standard InChI is InChI=1S/C19H17N5O3/c1-12-18(19(25)20-15-9-8-13-4-2-5-14(13)10-15)21-22-23(12)16-6-3-7-17(11-16)24(26)27/h3,6-11H,2,4-5H2,1H3,(H,20,25). The number of aryl methyl sites for hydroxylation is 2. The molecular weight excluding hydrogens is 346 g/mol. The number of carbonyl (C=O) groups excluding carboxylic acids is 1. The summed E-state index contributed by atoms with van der Waals surface area (Å²) >= 11 is 0. The molecule has 1 N–H and O–H groups in total. The van der Waals surface area contributed by atoms with Crippen LogP contribution in [0.4, 0.5) is 11.4 Å². The van der Waals surface area contributed by atoms with Gasteiger partial charge in [-0.1, -0.05) is 17.3 Å². The van der Waals surface area contributed by atoms with Crippen LogP contribution in [-0.4, -0.2) is 25.8 Å². The third kappa shape index (κ3) is 3.17. The van der Waals surface area contributed by atoms with Gasteiger partial charge in [0, 0.05) is 17.8 Å². The number of hydrogen-bond donors (Lipinski definition) is 1. The molecule has 1 heterocycles. The number of nitrogens with zero attached hydrogens (tertiary/aromatic N) is 4. The normalized spacial score (nSPS) is 12.6. The molecule has 8 heteroatoms. The summed E-state index contributed by atoms with van der Waals surface area (Å²) in [7, 11) is 0. The second kappa shape index (κ2) is 6.64. The molecule has 136 valence electrons. The van der Waals surface area contributed by atoms with Crippen molar-refractivity contribution in [2.24, 2.45) is 0 Å². The Morgan fingerprint density at radius 1 is 1.19 bits per heavy atom. The number of fused-ring (bicyclic) bond motifs is 1. The smallest absolute Gasteiger partial charge is 0.278 e. The number of aromatic nitrogens is 3. The predicted molar refractivity (Wildman–Crippen MR) is 99.2 cm³/mol. The minimum Gasteiger partial charge on any atom is -0.321 e. The van der Waals surface area contributed by atoms with Gasteiger partial charge in [0.15, 0.2) is 5.69 Å². The van der Waals surface area contributed by atoms with E-state index in [1.807, 2.05) is 18.2 Å². The molecule has 0 saturated carbocycles. The van der Waals surface area contributed by atoms with E-state index >= 15 is 0 Å². The zero-order chi connectivity index (χ0) is 19.0. The third-order valence-corrected chi connectivity index (χ3v) is 4.75. The zero-order valence-electron chi connectivity index (χ0n) is 14.7. The van der Waals surface area contributed by atoms with E-state index in [2.05, 4.69) is 15.6 Å². The maximum atomic E-state index is 12.6. The first-order chi connectivity index (χ1) is 13.0. The number of rotatable bonds is 4. The van der Waals surface area contributed by atoms with Crippen molar-refractivity contribution < 1.29 is 9.72 Å². The van der Waals surface area contributed by atoms with Crippen molar-refractivity contribution in [3.05, 3.63) is 75.1 Å². The number of non-ortho nitro benzene ring substituents is 1. The number of nitro groups is 1. The second-order valence-corrected chi connectivity index (χ2v) is 6.50. The van der Waals surface area contributed by atoms with Gasteiger partial charge < -0.3 is 5.32 Å². The highest BCUT2D eigenvalue weighted by Gasteiger charge is 2.19. The van der Waals surface area contributed by atoms with E-state index < -0.39 is 4.92 Å². The lowest BCUT2D eigenvalue weighted by molar-refractivity contribution is -0.384. The summed E-state index contributed by atoms with van der Waals surface area (Å²) in [4.78, 5) is 23.1. The average molecular weight is 363 g/mol. The Labute approximate surface area is 155 Å². The van der Waals surface area contributed by atoms with Crippen LogP contribution in [0.1, 0.15) is 33.7 Å². The topological polar surface area (TPSA) is 103 Å². The molecular formula is C19H17N5O3. The van der Waals surface area contributed by atoms with Crippen LogP contribution in [0.3, 0.4) is 0 Å². The molecule has 1 aliphatic carbocycles. The highest BCUT2D eigenvalue weighted by molar-refractivity contribution is 6.03. The second-order valence-electron chi connectivity index (χ2n) is 6.50. The molecule has 0 saturated heterocycles. The zero-order valence-corrected chi connectivity index (χ0v) is 14.7. The summed E-state index contributed by atoms with van der Waals surface area (Å²) in [6.07, 6.45) is 3.25. The number of nitrogens with one attached hydrogen (secondary N) is 1. The van der Waals surface area contributed by atoms with E-state index in [0.717, 1.165) is 24.9 Å². The van der Waals surface area contributed by atoms with Crippen molar-refractivity contribution in [3.8, 4) is 5.69 Å². The molecule has 1 aromatic heterocycles. The molecule has 0 radical (unpaired) electrons. The van der Waals surface area contributed by atoms with Crippen LogP contribution in [0.25, 0.3) is 5.69 Å². The molecule has 1 amide bonds. The fraction of sp³-hybridized carbons (Fsp3) is 0.211. The van der Waals surface area contributed by atoms with Gasteiger partial charge in [0.2, 0.25) is 0 Å². The van der Waals surface area contributed by atoms with Gasteiger partial charge in [0.05, 0.1) is 16.3 Å². The van der Waals surface area contributed by atoms with Gasteiger partial charge in [-0.2, -0.15) is 0 Å². The summed E-state index contributed by atoms with van der Waals surface area (Å²) in [5.41, 5.74) is 4.45.